The summed E-state index contributed by atoms with van der Waals surface area (Å²) in [6.45, 7) is 7.20. The Morgan fingerprint density at radius 2 is 1.52 bits per heavy atom. The first-order valence-electron chi connectivity index (χ1n) is 10.6. The molecule has 0 saturated heterocycles. The number of amides is 1. The summed E-state index contributed by atoms with van der Waals surface area (Å²) >= 11 is 0. The highest BCUT2D eigenvalue weighted by Crippen LogP contribution is 2.24. The van der Waals surface area contributed by atoms with Crippen LogP contribution < -0.4 is 14.8 Å². The minimum Gasteiger partial charge on any atom is -0.491 e. The second kappa shape index (κ2) is 11.0. The van der Waals surface area contributed by atoms with E-state index in [-0.39, 0.29) is 10.8 Å². The van der Waals surface area contributed by atoms with Crippen LogP contribution in [0.25, 0.3) is 0 Å². The monoisotopic (exact) mass is 468 g/mol. The van der Waals surface area contributed by atoms with Crippen LogP contribution in [0.2, 0.25) is 0 Å². The van der Waals surface area contributed by atoms with Crippen molar-refractivity contribution in [3.63, 3.8) is 0 Å². The molecule has 0 saturated carbocycles. The first kappa shape index (κ1) is 24.3. The maximum atomic E-state index is 12.8. The van der Waals surface area contributed by atoms with Gasteiger partial charge in [0.1, 0.15) is 12.4 Å². The molecule has 0 aliphatic heterocycles. The Hall–Kier alpha value is -3.36. The van der Waals surface area contributed by atoms with Crippen LogP contribution in [-0.2, 0) is 14.8 Å². The molecule has 3 aromatic rings. The summed E-state index contributed by atoms with van der Waals surface area (Å²) in [7, 11) is -3.76. The fourth-order valence-corrected chi connectivity index (χ4v) is 4.36. The van der Waals surface area contributed by atoms with Crippen LogP contribution in [0.4, 0.5) is 11.4 Å². The largest absolute Gasteiger partial charge is 0.491 e. The predicted octanol–water partition coefficient (Wildman–Crippen LogP) is 4.77. The number of hydrogen-bond acceptors (Lipinski definition) is 5. The van der Waals surface area contributed by atoms with Gasteiger partial charge in [0.05, 0.1) is 17.2 Å². The third kappa shape index (κ3) is 6.57. The van der Waals surface area contributed by atoms with E-state index in [0.717, 1.165) is 11.1 Å². The number of ether oxygens (including phenoxy) is 2. The minimum atomic E-state index is -3.76. The number of rotatable bonds is 10. The molecule has 0 spiro atoms. The molecule has 0 aliphatic carbocycles. The van der Waals surface area contributed by atoms with Gasteiger partial charge in [-0.1, -0.05) is 18.2 Å². The van der Waals surface area contributed by atoms with Crippen LogP contribution in [0, 0.1) is 13.8 Å². The van der Waals surface area contributed by atoms with Gasteiger partial charge in [0.2, 0.25) is 0 Å². The van der Waals surface area contributed by atoms with E-state index in [2.05, 4.69) is 10.0 Å². The van der Waals surface area contributed by atoms with E-state index in [1.807, 2.05) is 39.0 Å². The maximum Gasteiger partial charge on any atom is 0.261 e. The Kier molecular flexibility index (Phi) is 8.08. The molecule has 174 valence electrons. The van der Waals surface area contributed by atoms with Crippen molar-refractivity contribution in [1.29, 1.82) is 0 Å². The fraction of sp³-hybridized carbons (Fsp3) is 0.240. The molecular weight excluding hydrogens is 440 g/mol. The van der Waals surface area contributed by atoms with Crippen LogP contribution >= 0.6 is 0 Å². The van der Waals surface area contributed by atoms with E-state index in [4.69, 9.17) is 9.47 Å². The van der Waals surface area contributed by atoms with Crippen molar-refractivity contribution in [1.82, 2.24) is 0 Å². The van der Waals surface area contributed by atoms with Crippen LogP contribution in [0.1, 0.15) is 28.4 Å². The molecule has 3 aromatic carbocycles. The standard InChI is InChI=1S/C25H28N2O5S/c1-4-31-16-17-32-22-12-8-20(9-13-22)25(28)26-21-10-14-23(15-11-21)33(29,30)27-24-18(2)6-5-7-19(24)3/h5-15,27H,4,16-17H2,1-3H3,(H,26,28). The molecule has 7 nitrogen and oxygen atoms in total. The number of carbonyl (C=O) groups excluding carboxylic acids is 1. The fourth-order valence-electron chi connectivity index (χ4n) is 3.15. The van der Waals surface area contributed by atoms with Gasteiger partial charge in [-0.3, -0.25) is 9.52 Å². The van der Waals surface area contributed by atoms with E-state index < -0.39 is 10.0 Å². The molecule has 8 heteroatoms. The lowest BCUT2D eigenvalue weighted by Crippen LogP contribution is -2.15. The highest BCUT2D eigenvalue weighted by atomic mass is 32.2. The number of anilines is 2. The number of nitrogens with one attached hydrogen (secondary N) is 2. The zero-order valence-electron chi connectivity index (χ0n) is 18.9. The topological polar surface area (TPSA) is 93.7 Å². The van der Waals surface area contributed by atoms with Crippen molar-refractivity contribution in [3.05, 3.63) is 83.4 Å². The summed E-state index contributed by atoms with van der Waals surface area (Å²) in [5.74, 6) is 0.345. The molecule has 0 aromatic heterocycles. The molecule has 33 heavy (non-hydrogen) atoms. The molecule has 2 N–H and O–H groups in total. The van der Waals surface area contributed by atoms with Crippen molar-refractivity contribution in [2.45, 2.75) is 25.7 Å². The second-order valence-corrected chi connectivity index (χ2v) is 9.10. The number of hydrogen-bond donors (Lipinski definition) is 2. The average molecular weight is 469 g/mol. The third-order valence-electron chi connectivity index (χ3n) is 4.96. The van der Waals surface area contributed by atoms with Gasteiger partial charge in [0, 0.05) is 17.9 Å². The normalized spacial score (nSPS) is 11.1. The Labute approximate surface area is 194 Å². The van der Waals surface area contributed by atoms with Gasteiger partial charge >= 0.3 is 0 Å². The zero-order chi connectivity index (χ0) is 23.8. The molecule has 0 fully saturated rings. The van der Waals surface area contributed by atoms with Crippen molar-refractivity contribution in [2.24, 2.45) is 0 Å². The summed E-state index contributed by atoms with van der Waals surface area (Å²) in [5.41, 5.74) is 3.20. The van der Waals surface area contributed by atoms with Gasteiger partial charge in [0.25, 0.3) is 15.9 Å². The number of benzene rings is 3. The summed E-state index contributed by atoms with van der Waals surface area (Å²) in [6, 6.07) is 18.4. The van der Waals surface area contributed by atoms with Crippen molar-refractivity contribution in [2.75, 3.05) is 29.9 Å². The highest BCUT2D eigenvalue weighted by molar-refractivity contribution is 7.92. The SMILES string of the molecule is CCOCCOc1ccc(C(=O)Nc2ccc(S(=O)(=O)Nc3c(C)cccc3C)cc2)cc1. The summed E-state index contributed by atoms with van der Waals surface area (Å²) in [6.07, 6.45) is 0. The van der Waals surface area contributed by atoms with Gasteiger partial charge in [-0.25, -0.2) is 8.42 Å². The smallest absolute Gasteiger partial charge is 0.261 e. The molecule has 0 unspecified atom stereocenters. The Balaban J connectivity index is 1.62. The molecule has 0 bridgehead atoms. The van der Waals surface area contributed by atoms with Crippen LogP contribution in [0.5, 0.6) is 5.75 Å². The zero-order valence-corrected chi connectivity index (χ0v) is 19.7. The summed E-state index contributed by atoms with van der Waals surface area (Å²) in [5, 5.41) is 2.77. The average Bonchev–Trinajstić information content (AvgIpc) is 2.80. The summed E-state index contributed by atoms with van der Waals surface area (Å²) in [4.78, 5) is 12.6. The van der Waals surface area contributed by atoms with Gasteiger partial charge in [-0.2, -0.15) is 0 Å². The molecule has 3 rings (SSSR count). The van der Waals surface area contributed by atoms with Gasteiger partial charge < -0.3 is 14.8 Å². The molecule has 0 radical (unpaired) electrons. The number of carbonyl (C=O) groups is 1. The van der Waals surface area contributed by atoms with Crippen LogP contribution in [-0.4, -0.2) is 34.1 Å². The lowest BCUT2D eigenvalue weighted by molar-refractivity contribution is 0.102. The van der Waals surface area contributed by atoms with Crippen molar-refractivity contribution < 1.29 is 22.7 Å². The maximum absolute atomic E-state index is 12.8. The minimum absolute atomic E-state index is 0.108. The van der Waals surface area contributed by atoms with E-state index in [9.17, 15) is 13.2 Å². The third-order valence-corrected chi connectivity index (χ3v) is 6.32. The van der Waals surface area contributed by atoms with Crippen LogP contribution in [0.3, 0.4) is 0 Å². The van der Waals surface area contributed by atoms with Gasteiger partial charge in [-0.15, -0.1) is 0 Å². The highest BCUT2D eigenvalue weighted by Gasteiger charge is 2.17. The summed E-state index contributed by atoms with van der Waals surface area (Å²) < 4.78 is 39.0. The van der Waals surface area contributed by atoms with E-state index >= 15 is 0 Å². The number of aryl methyl sites for hydroxylation is 2. The quantitative estimate of drug-likeness (QED) is 0.418. The first-order valence-corrected chi connectivity index (χ1v) is 12.1. The number of para-hydroxylation sites is 1. The predicted molar refractivity (Wildman–Crippen MR) is 130 cm³/mol. The molecular formula is C25H28N2O5S. The molecule has 0 heterocycles. The Bertz CT molecular complexity index is 1170. The van der Waals surface area contributed by atoms with Crippen molar-refractivity contribution in [3.8, 4) is 5.75 Å². The molecule has 0 atom stereocenters. The molecule has 1 amide bonds. The van der Waals surface area contributed by atoms with Gasteiger partial charge in [0.15, 0.2) is 0 Å². The van der Waals surface area contributed by atoms with Crippen LogP contribution in [0.15, 0.2) is 71.6 Å². The van der Waals surface area contributed by atoms with E-state index in [0.29, 0.717) is 42.5 Å². The lowest BCUT2D eigenvalue weighted by Gasteiger charge is -2.13. The number of sulfonamides is 1. The first-order chi connectivity index (χ1) is 15.8. The molecule has 0 aliphatic rings. The Morgan fingerprint density at radius 1 is 0.879 bits per heavy atom. The lowest BCUT2D eigenvalue weighted by atomic mass is 10.1. The van der Waals surface area contributed by atoms with E-state index in [1.165, 1.54) is 12.1 Å². The second-order valence-electron chi connectivity index (χ2n) is 7.42. The Morgan fingerprint density at radius 3 is 2.12 bits per heavy atom. The van der Waals surface area contributed by atoms with E-state index in [1.54, 1.807) is 36.4 Å². The van der Waals surface area contributed by atoms with Crippen molar-refractivity contribution >= 4 is 27.3 Å². The van der Waals surface area contributed by atoms with Gasteiger partial charge in [-0.05, 0) is 80.4 Å².